The van der Waals surface area contributed by atoms with E-state index in [9.17, 15) is 9.18 Å². The number of pyridine rings is 1. The van der Waals surface area contributed by atoms with Crippen molar-refractivity contribution < 1.29 is 9.18 Å². The van der Waals surface area contributed by atoms with Crippen LogP contribution < -0.4 is 5.32 Å². The SMILES string of the molecule is O=C(NCC1CCN(Cc2ccccc2F)CC1)c1csc(-c2ccncc2)n1. The van der Waals surface area contributed by atoms with Gasteiger partial charge in [0.05, 0.1) is 0 Å². The Labute approximate surface area is 173 Å². The Morgan fingerprint density at radius 3 is 2.69 bits per heavy atom. The summed E-state index contributed by atoms with van der Waals surface area (Å²) >= 11 is 1.46. The molecule has 5 nitrogen and oxygen atoms in total. The second-order valence-corrected chi connectivity index (χ2v) is 8.15. The van der Waals surface area contributed by atoms with E-state index in [0.717, 1.165) is 42.1 Å². The van der Waals surface area contributed by atoms with Crippen molar-refractivity contribution in [3.05, 3.63) is 71.2 Å². The summed E-state index contributed by atoms with van der Waals surface area (Å²) in [5.41, 5.74) is 2.16. The molecule has 150 valence electrons. The molecule has 29 heavy (non-hydrogen) atoms. The molecule has 1 aliphatic rings. The van der Waals surface area contributed by atoms with Gasteiger partial charge in [0.25, 0.3) is 5.91 Å². The molecule has 2 aromatic heterocycles. The minimum Gasteiger partial charge on any atom is -0.350 e. The summed E-state index contributed by atoms with van der Waals surface area (Å²) in [6.07, 6.45) is 5.42. The van der Waals surface area contributed by atoms with Crippen LogP contribution in [-0.2, 0) is 6.54 Å². The average Bonchev–Trinajstić information content (AvgIpc) is 3.26. The molecule has 3 aromatic rings. The Balaban J connectivity index is 1.24. The third-order valence-corrected chi connectivity index (χ3v) is 6.17. The highest BCUT2D eigenvalue weighted by atomic mass is 32.1. The number of nitrogens with one attached hydrogen (secondary N) is 1. The van der Waals surface area contributed by atoms with Gasteiger partial charge >= 0.3 is 0 Å². The molecular weight excluding hydrogens is 387 g/mol. The monoisotopic (exact) mass is 410 g/mol. The van der Waals surface area contributed by atoms with Crippen molar-refractivity contribution in [1.82, 2.24) is 20.2 Å². The number of rotatable bonds is 6. The zero-order chi connectivity index (χ0) is 20.1. The van der Waals surface area contributed by atoms with Crippen LogP contribution in [-0.4, -0.2) is 40.4 Å². The number of nitrogens with zero attached hydrogens (tertiary/aromatic N) is 3. The molecule has 4 rings (SSSR count). The zero-order valence-corrected chi connectivity index (χ0v) is 16.9. The fraction of sp³-hybridized carbons (Fsp3) is 0.318. The minimum atomic E-state index is -0.142. The lowest BCUT2D eigenvalue weighted by molar-refractivity contribution is 0.0931. The molecule has 0 saturated carbocycles. The highest BCUT2D eigenvalue weighted by Gasteiger charge is 2.21. The molecule has 0 aliphatic carbocycles. The molecule has 1 aromatic carbocycles. The summed E-state index contributed by atoms with van der Waals surface area (Å²) in [6.45, 7) is 3.12. The van der Waals surface area contributed by atoms with Crippen molar-refractivity contribution in [3.63, 3.8) is 0 Å². The lowest BCUT2D eigenvalue weighted by atomic mass is 9.96. The molecule has 0 unspecified atom stereocenters. The van der Waals surface area contributed by atoms with Crippen LogP contribution in [0.25, 0.3) is 10.6 Å². The first-order valence-electron chi connectivity index (χ1n) is 9.79. The number of thiazole rings is 1. The molecule has 0 bridgehead atoms. The van der Waals surface area contributed by atoms with Crippen LogP contribution in [0.4, 0.5) is 4.39 Å². The van der Waals surface area contributed by atoms with Gasteiger partial charge in [0, 0.05) is 42.0 Å². The lowest BCUT2D eigenvalue weighted by Gasteiger charge is -2.32. The quantitative estimate of drug-likeness (QED) is 0.668. The number of hydrogen-bond acceptors (Lipinski definition) is 5. The predicted octanol–water partition coefficient (Wildman–Crippen LogP) is 3.99. The number of likely N-dealkylation sites (tertiary alicyclic amines) is 1. The third kappa shape index (κ3) is 5.05. The number of piperidine rings is 1. The number of benzene rings is 1. The number of carbonyl (C=O) groups is 1. The van der Waals surface area contributed by atoms with Crippen molar-refractivity contribution in [1.29, 1.82) is 0 Å². The van der Waals surface area contributed by atoms with Crippen LogP contribution in [0.3, 0.4) is 0 Å². The van der Waals surface area contributed by atoms with E-state index in [1.807, 2.05) is 24.3 Å². The number of carbonyl (C=O) groups excluding carboxylic acids is 1. The van der Waals surface area contributed by atoms with Crippen LogP contribution in [0.5, 0.6) is 0 Å². The van der Waals surface area contributed by atoms with E-state index in [1.165, 1.54) is 17.4 Å². The van der Waals surface area contributed by atoms with Crippen LogP contribution in [0.2, 0.25) is 0 Å². The summed E-state index contributed by atoms with van der Waals surface area (Å²) in [4.78, 5) is 23.2. The Kier molecular flexibility index (Phi) is 6.27. The Bertz CT molecular complexity index is 954. The van der Waals surface area contributed by atoms with Crippen molar-refractivity contribution >= 4 is 17.2 Å². The van der Waals surface area contributed by atoms with Gasteiger partial charge in [-0.25, -0.2) is 9.37 Å². The minimum absolute atomic E-state index is 0.129. The molecule has 1 aliphatic heterocycles. The zero-order valence-electron chi connectivity index (χ0n) is 16.1. The molecule has 0 spiro atoms. The van der Waals surface area contributed by atoms with Crippen molar-refractivity contribution in [2.45, 2.75) is 19.4 Å². The van der Waals surface area contributed by atoms with Gasteiger partial charge in [0.2, 0.25) is 0 Å². The maximum Gasteiger partial charge on any atom is 0.270 e. The lowest BCUT2D eigenvalue weighted by Crippen LogP contribution is -2.38. The molecule has 1 N–H and O–H groups in total. The Morgan fingerprint density at radius 2 is 1.93 bits per heavy atom. The molecule has 3 heterocycles. The first kappa shape index (κ1) is 19.7. The third-order valence-electron chi connectivity index (χ3n) is 5.27. The second kappa shape index (κ2) is 9.24. The van der Waals surface area contributed by atoms with Crippen LogP contribution in [0.15, 0.2) is 54.2 Å². The maximum atomic E-state index is 13.8. The van der Waals surface area contributed by atoms with Gasteiger partial charge in [0.1, 0.15) is 16.5 Å². The summed E-state index contributed by atoms with van der Waals surface area (Å²) in [5, 5.41) is 5.63. The van der Waals surface area contributed by atoms with E-state index in [-0.39, 0.29) is 11.7 Å². The molecule has 1 fully saturated rings. The number of amides is 1. The van der Waals surface area contributed by atoms with E-state index >= 15 is 0 Å². The summed E-state index contributed by atoms with van der Waals surface area (Å²) in [5.74, 6) is 0.167. The van der Waals surface area contributed by atoms with Gasteiger partial charge in [0.15, 0.2) is 0 Å². The van der Waals surface area contributed by atoms with E-state index in [2.05, 4.69) is 20.2 Å². The largest absolute Gasteiger partial charge is 0.350 e. The Morgan fingerprint density at radius 1 is 1.17 bits per heavy atom. The van der Waals surface area contributed by atoms with Crippen LogP contribution in [0.1, 0.15) is 28.9 Å². The standard InChI is InChI=1S/C22H23FN4OS/c23-19-4-2-1-3-18(19)14-27-11-7-16(8-12-27)13-25-21(28)20-15-29-22(26-20)17-5-9-24-10-6-17/h1-6,9-10,15-16H,7-8,11-14H2,(H,25,28). The Hall–Kier alpha value is -2.64. The normalized spacial score (nSPS) is 15.3. The maximum absolute atomic E-state index is 13.8. The average molecular weight is 411 g/mol. The summed E-state index contributed by atoms with van der Waals surface area (Å²) in [6, 6.07) is 10.7. The van der Waals surface area contributed by atoms with Gasteiger partial charge < -0.3 is 5.32 Å². The van der Waals surface area contributed by atoms with Gasteiger partial charge in [-0.1, -0.05) is 18.2 Å². The first-order valence-corrected chi connectivity index (χ1v) is 10.7. The van der Waals surface area contributed by atoms with E-state index in [4.69, 9.17) is 0 Å². The summed E-state index contributed by atoms with van der Waals surface area (Å²) < 4.78 is 13.8. The summed E-state index contributed by atoms with van der Waals surface area (Å²) in [7, 11) is 0. The van der Waals surface area contributed by atoms with E-state index < -0.39 is 0 Å². The highest BCUT2D eigenvalue weighted by Crippen LogP contribution is 2.23. The van der Waals surface area contributed by atoms with Crippen molar-refractivity contribution in [2.24, 2.45) is 5.92 Å². The van der Waals surface area contributed by atoms with E-state index in [1.54, 1.807) is 23.8 Å². The van der Waals surface area contributed by atoms with Crippen LogP contribution >= 0.6 is 11.3 Å². The number of halogens is 1. The highest BCUT2D eigenvalue weighted by molar-refractivity contribution is 7.13. The van der Waals surface area contributed by atoms with Gasteiger partial charge in [-0.3, -0.25) is 14.7 Å². The van der Waals surface area contributed by atoms with Crippen molar-refractivity contribution in [3.8, 4) is 10.6 Å². The smallest absolute Gasteiger partial charge is 0.270 e. The molecular formula is C22H23FN4OS. The van der Waals surface area contributed by atoms with Crippen molar-refractivity contribution in [2.75, 3.05) is 19.6 Å². The van der Waals surface area contributed by atoms with Gasteiger partial charge in [-0.05, 0) is 50.0 Å². The first-order chi connectivity index (χ1) is 14.2. The number of aromatic nitrogens is 2. The topological polar surface area (TPSA) is 58.1 Å². The molecule has 1 amide bonds. The van der Waals surface area contributed by atoms with Crippen LogP contribution in [0, 0.1) is 11.7 Å². The fourth-order valence-corrected chi connectivity index (χ4v) is 4.36. The molecule has 0 radical (unpaired) electrons. The second-order valence-electron chi connectivity index (χ2n) is 7.29. The van der Waals surface area contributed by atoms with Gasteiger partial charge in [-0.2, -0.15) is 0 Å². The molecule has 7 heteroatoms. The van der Waals surface area contributed by atoms with E-state index in [0.29, 0.717) is 24.7 Å². The molecule has 1 saturated heterocycles. The molecule has 0 atom stereocenters. The predicted molar refractivity (Wildman–Crippen MR) is 112 cm³/mol. The number of hydrogen-bond donors (Lipinski definition) is 1. The van der Waals surface area contributed by atoms with Gasteiger partial charge in [-0.15, -0.1) is 11.3 Å². The fourth-order valence-electron chi connectivity index (χ4n) is 3.55.